The van der Waals surface area contributed by atoms with E-state index in [9.17, 15) is 14.7 Å². The molecule has 34 heavy (non-hydrogen) atoms. The third-order valence-electron chi connectivity index (χ3n) is 6.23. The Morgan fingerprint density at radius 1 is 1.03 bits per heavy atom. The fourth-order valence-electron chi connectivity index (χ4n) is 4.37. The predicted octanol–water partition coefficient (Wildman–Crippen LogP) is 4.01. The van der Waals surface area contributed by atoms with E-state index < -0.39 is 18.1 Å². The Morgan fingerprint density at radius 3 is 2.18 bits per heavy atom. The van der Waals surface area contributed by atoms with Gasteiger partial charge in [-0.1, -0.05) is 48.5 Å². The summed E-state index contributed by atoms with van der Waals surface area (Å²) in [6, 6.07) is 15.1. The maximum Gasteiger partial charge on any atom is 0.407 e. The molecule has 0 radical (unpaired) electrons. The smallest absolute Gasteiger partial charge is 0.407 e. The molecule has 0 saturated carbocycles. The van der Waals surface area contributed by atoms with Crippen molar-refractivity contribution in [2.75, 3.05) is 26.2 Å². The van der Waals surface area contributed by atoms with Gasteiger partial charge in [-0.2, -0.15) is 0 Å². The Kier molecular flexibility index (Phi) is 8.90. The molecule has 1 atom stereocenters. The van der Waals surface area contributed by atoms with Gasteiger partial charge in [-0.25, -0.2) is 9.59 Å². The van der Waals surface area contributed by atoms with Crippen molar-refractivity contribution in [3.05, 3.63) is 59.7 Å². The van der Waals surface area contributed by atoms with Crippen molar-refractivity contribution in [1.82, 2.24) is 15.5 Å². The number of unbranched alkanes of at least 4 members (excludes halogenated alkanes) is 1. The molecule has 0 aliphatic heterocycles. The lowest BCUT2D eigenvalue weighted by molar-refractivity contribution is -0.139. The second-order valence-corrected chi connectivity index (χ2v) is 8.30. The third-order valence-corrected chi connectivity index (χ3v) is 6.23. The van der Waals surface area contributed by atoms with Crippen molar-refractivity contribution >= 4 is 18.0 Å². The quantitative estimate of drug-likeness (QED) is 0.226. The molecular formula is C26H34N4O4. The summed E-state index contributed by atoms with van der Waals surface area (Å²) < 4.78 is 5.47. The predicted molar refractivity (Wildman–Crippen MR) is 132 cm³/mol. The van der Waals surface area contributed by atoms with Crippen LogP contribution in [0.5, 0.6) is 0 Å². The van der Waals surface area contributed by atoms with Crippen LogP contribution in [0.3, 0.4) is 0 Å². The molecule has 8 heteroatoms. The number of fused-ring (bicyclic) bond motifs is 3. The molecule has 0 bridgehead atoms. The highest BCUT2D eigenvalue weighted by atomic mass is 16.5. The standard InChI is InChI=1S/C26H34N4O4/c1-3-30(4-2)25(27)28-16-10-9-15-23(24(31)32)29-26(33)34-17-22-20-13-7-5-11-18(20)19-12-6-8-14-21(19)22/h5-8,11-14,22-23H,3-4,9-10,15-17H2,1-2H3,(H2,27,28)(H,29,33)(H,31,32)/t23-/m1/s1. The lowest BCUT2D eigenvalue weighted by Crippen LogP contribution is -2.42. The van der Waals surface area contributed by atoms with Crippen molar-refractivity contribution in [1.29, 1.82) is 5.41 Å². The van der Waals surface area contributed by atoms with Gasteiger partial charge in [0.15, 0.2) is 5.96 Å². The summed E-state index contributed by atoms with van der Waals surface area (Å²) in [5.74, 6) is -0.789. The fourth-order valence-corrected chi connectivity index (χ4v) is 4.37. The number of nitrogens with one attached hydrogen (secondary N) is 3. The number of nitrogens with zero attached hydrogens (tertiary/aromatic N) is 1. The number of carboxylic acid groups (broad SMARTS) is 1. The molecule has 0 spiro atoms. The van der Waals surface area contributed by atoms with Crippen LogP contribution in [0.15, 0.2) is 48.5 Å². The molecule has 4 N–H and O–H groups in total. The molecule has 0 aromatic heterocycles. The van der Waals surface area contributed by atoms with Crippen LogP contribution in [0.2, 0.25) is 0 Å². The number of aliphatic carboxylic acids is 1. The Bertz CT molecular complexity index is 960. The van der Waals surface area contributed by atoms with Gasteiger partial charge in [-0.15, -0.1) is 0 Å². The van der Waals surface area contributed by atoms with Gasteiger partial charge in [0.25, 0.3) is 0 Å². The summed E-state index contributed by atoms with van der Waals surface area (Å²) in [6.07, 6.45) is 0.856. The topological polar surface area (TPSA) is 115 Å². The van der Waals surface area contributed by atoms with Gasteiger partial charge in [0.2, 0.25) is 0 Å². The summed E-state index contributed by atoms with van der Waals surface area (Å²) in [6.45, 7) is 6.22. The van der Waals surface area contributed by atoms with Crippen LogP contribution in [0.25, 0.3) is 11.1 Å². The molecule has 8 nitrogen and oxygen atoms in total. The van der Waals surface area contributed by atoms with Crippen LogP contribution >= 0.6 is 0 Å². The molecule has 0 heterocycles. The molecule has 1 aliphatic rings. The molecule has 0 unspecified atom stereocenters. The zero-order valence-corrected chi connectivity index (χ0v) is 19.8. The van der Waals surface area contributed by atoms with E-state index in [1.807, 2.05) is 55.1 Å². The zero-order valence-electron chi connectivity index (χ0n) is 19.8. The minimum absolute atomic E-state index is 0.0753. The lowest BCUT2D eigenvalue weighted by Gasteiger charge is -2.22. The number of guanidine groups is 1. The minimum Gasteiger partial charge on any atom is -0.480 e. The maximum atomic E-state index is 12.4. The first-order chi connectivity index (χ1) is 16.5. The van der Waals surface area contributed by atoms with Gasteiger partial charge < -0.3 is 25.4 Å². The molecule has 182 valence electrons. The molecule has 1 aliphatic carbocycles. The number of carboxylic acids is 1. The molecule has 0 fully saturated rings. The summed E-state index contributed by atoms with van der Waals surface area (Å²) in [5, 5.41) is 23.0. The van der Waals surface area contributed by atoms with E-state index >= 15 is 0 Å². The third kappa shape index (κ3) is 6.07. The van der Waals surface area contributed by atoms with Gasteiger partial charge in [0, 0.05) is 25.6 Å². The number of hydrogen-bond acceptors (Lipinski definition) is 4. The largest absolute Gasteiger partial charge is 0.480 e. The van der Waals surface area contributed by atoms with Gasteiger partial charge in [-0.3, -0.25) is 5.41 Å². The molecular weight excluding hydrogens is 432 g/mol. The van der Waals surface area contributed by atoms with Crippen molar-refractivity contribution < 1.29 is 19.4 Å². The number of hydrogen-bond donors (Lipinski definition) is 4. The average Bonchev–Trinajstić information content (AvgIpc) is 3.16. The number of ether oxygens (including phenoxy) is 1. The number of carbonyl (C=O) groups excluding carboxylic acids is 1. The second-order valence-electron chi connectivity index (χ2n) is 8.30. The van der Waals surface area contributed by atoms with Crippen molar-refractivity contribution in [3.8, 4) is 11.1 Å². The number of amides is 1. The zero-order chi connectivity index (χ0) is 24.5. The average molecular weight is 467 g/mol. The monoisotopic (exact) mass is 466 g/mol. The first-order valence-electron chi connectivity index (χ1n) is 11.9. The van der Waals surface area contributed by atoms with E-state index in [1.165, 1.54) is 0 Å². The van der Waals surface area contributed by atoms with Gasteiger partial charge in [0.1, 0.15) is 12.6 Å². The highest BCUT2D eigenvalue weighted by Gasteiger charge is 2.29. The molecule has 2 aromatic carbocycles. The van der Waals surface area contributed by atoms with Crippen molar-refractivity contribution in [2.24, 2.45) is 0 Å². The Balaban J connectivity index is 1.47. The van der Waals surface area contributed by atoms with Crippen molar-refractivity contribution in [3.63, 3.8) is 0 Å². The van der Waals surface area contributed by atoms with Gasteiger partial charge in [-0.05, 0) is 55.4 Å². The Hall–Kier alpha value is -3.55. The minimum atomic E-state index is -1.09. The lowest BCUT2D eigenvalue weighted by atomic mass is 9.98. The second kappa shape index (κ2) is 12.1. The summed E-state index contributed by atoms with van der Waals surface area (Å²) in [5.41, 5.74) is 4.49. The van der Waals surface area contributed by atoms with Crippen molar-refractivity contribution in [2.45, 2.75) is 45.1 Å². The van der Waals surface area contributed by atoms with Crippen LogP contribution in [-0.2, 0) is 9.53 Å². The Labute approximate surface area is 200 Å². The maximum absolute atomic E-state index is 12.4. The molecule has 2 aromatic rings. The SMILES string of the molecule is CCN(CC)C(=N)NCCCC[C@@H](NC(=O)OCC1c2ccccc2-c2ccccc21)C(=O)O. The van der Waals surface area contributed by atoms with E-state index in [4.69, 9.17) is 10.1 Å². The molecule has 0 saturated heterocycles. The van der Waals surface area contributed by atoms with E-state index in [0.717, 1.165) is 35.3 Å². The molecule has 3 rings (SSSR count). The van der Waals surface area contributed by atoms with E-state index in [-0.39, 0.29) is 12.5 Å². The first kappa shape index (κ1) is 25.1. The Morgan fingerprint density at radius 2 is 1.62 bits per heavy atom. The van der Waals surface area contributed by atoms with Gasteiger partial charge in [0.05, 0.1) is 0 Å². The number of alkyl carbamates (subject to hydrolysis) is 1. The number of benzene rings is 2. The van der Waals surface area contributed by atoms with Crippen LogP contribution in [0, 0.1) is 5.41 Å². The van der Waals surface area contributed by atoms with Crippen LogP contribution in [0.4, 0.5) is 4.79 Å². The number of rotatable bonds is 11. The molecule has 1 amide bonds. The van der Waals surface area contributed by atoms with E-state index in [0.29, 0.717) is 31.8 Å². The van der Waals surface area contributed by atoms with Crippen LogP contribution in [-0.4, -0.2) is 60.3 Å². The summed E-state index contributed by atoms with van der Waals surface area (Å²) in [7, 11) is 0. The van der Waals surface area contributed by atoms with E-state index in [1.54, 1.807) is 0 Å². The normalized spacial score (nSPS) is 12.9. The van der Waals surface area contributed by atoms with Crippen LogP contribution < -0.4 is 10.6 Å². The highest BCUT2D eigenvalue weighted by molar-refractivity contribution is 5.81. The summed E-state index contributed by atoms with van der Waals surface area (Å²) >= 11 is 0. The van der Waals surface area contributed by atoms with Gasteiger partial charge >= 0.3 is 12.1 Å². The van der Waals surface area contributed by atoms with Crippen LogP contribution in [0.1, 0.15) is 50.2 Å². The highest BCUT2D eigenvalue weighted by Crippen LogP contribution is 2.44. The number of carbonyl (C=O) groups is 2. The van der Waals surface area contributed by atoms with E-state index in [2.05, 4.69) is 22.8 Å². The summed E-state index contributed by atoms with van der Waals surface area (Å²) in [4.78, 5) is 26.0. The first-order valence-corrected chi connectivity index (χ1v) is 11.9. The fraction of sp³-hybridized carbons (Fsp3) is 0.423.